The zero-order valence-electron chi connectivity index (χ0n) is 12.5. The van der Waals surface area contributed by atoms with Gasteiger partial charge in [0.2, 0.25) is 0 Å². The predicted octanol–water partition coefficient (Wildman–Crippen LogP) is 3.47. The second-order valence-electron chi connectivity index (χ2n) is 5.79. The molecule has 0 unspecified atom stereocenters. The Hall–Kier alpha value is -2.39. The molecule has 1 aliphatic rings. The Morgan fingerprint density at radius 1 is 1.09 bits per heavy atom. The molecule has 3 heteroatoms. The zero-order chi connectivity index (χ0) is 14.9. The standard InChI is InChI=1S/C19H19N3/c20-8-3-10-22-11-7-15(13-22)17-6-9-21-18-12-14-4-1-2-5-16(14)19(17)18/h1-2,4-7,9,11,13H,3,8,10,12,20H2. The number of pyridine rings is 1. The maximum Gasteiger partial charge on any atom is 0.0532 e. The monoisotopic (exact) mass is 289 g/mol. The van der Waals surface area contributed by atoms with Gasteiger partial charge in [0.05, 0.1) is 5.69 Å². The first-order chi connectivity index (χ1) is 10.9. The molecule has 22 heavy (non-hydrogen) atoms. The van der Waals surface area contributed by atoms with Crippen LogP contribution in [-0.2, 0) is 13.0 Å². The van der Waals surface area contributed by atoms with Crippen LogP contribution in [0.15, 0.2) is 55.0 Å². The average molecular weight is 289 g/mol. The van der Waals surface area contributed by atoms with Crippen LogP contribution in [0.25, 0.3) is 22.3 Å². The van der Waals surface area contributed by atoms with E-state index in [4.69, 9.17) is 5.73 Å². The third-order valence-corrected chi connectivity index (χ3v) is 4.36. The summed E-state index contributed by atoms with van der Waals surface area (Å²) < 4.78 is 2.22. The molecule has 2 aromatic heterocycles. The summed E-state index contributed by atoms with van der Waals surface area (Å²) in [5, 5.41) is 0. The van der Waals surface area contributed by atoms with Crippen LogP contribution >= 0.6 is 0 Å². The Bertz CT molecular complexity index is 817. The van der Waals surface area contributed by atoms with E-state index in [1.165, 1.54) is 33.5 Å². The van der Waals surface area contributed by atoms with Gasteiger partial charge in [-0.05, 0) is 41.8 Å². The fourth-order valence-electron chi connectivity index (χ4n) is 3.29. The summed E-state index contributed by atoms with van der Waals surface area (Å²) in [5.41, 5.74) is 13.3. The maximum atomic E-state index is 5.60. The van der Waals surface area contributed by atoms with Crippen molar-refractivity contribution in [3.05, 3.63) is 66.2 Å². The number of benzene rings is 1. The number of aromatic nitrogens is 2. The van der Waals surface area contributed by atoms with Crippen LogP contribution in [0.4, 0.5) is 0 Å². The summed E-state index contributed by atoms with van der Waals surface area (Å²) in [6.45, 7) is 1.70. The van der Waals surface area contributed by atoms with Gasteiger partial charge in [0.15, 0.2) is 0 Å². The Labute approximate surface area is 130 Å². The summed E-state index contributed by atoms with van der Waals surface area (Å²) in [5.74, 6) is 0. The van der Waals surface area contributed by atoms with E-state index < -0.39 is 0 Å². The number of fused-ring (bicyclic) bond motifs is 3. The molecule has 110 valence electrons. The van der Waals surface area contributed by atoms with Gasteiger partial charge in [-0.15, -0.1) is 0 Å². The van der Waals surface area contributed by atoms with Crippen LogP contribution in [0.5, 0.6) is 0 Å². The van der Waals surface area contributed by atoms with Crippen LogP contribution in [0.3, 0.4) is 0 Å². The highest BCUT2D eigenvalue weighted by molar-refractivity contribution is 5.89. The summed E-state index contributed by atoms with van der Waals surface area (Å²) in [6, 6.07) is 12.9. The lowest BCUT2D eigenvalue weighted by Gasteiger charge is -2.07. The van der Waals surface area contributed by atoms with Crippen LogP contribution in [0, 0.1) is 0 Å². The van der Waals surface area contributed by atoms with Gasteiger partial charge in [0, 0.05) is 42.7 Å². The van der Waals surface area contributed by atoms with Crippen molar-refractivity contribution in [3.63, 3.8) is 0 Å². The second kappa shape index (κ2) is 5.43. The highest BCUT2D eigenvalue weighted by atomic mass is 14.9. The van der Waals surface area contributed by atoms with Crippen molar-refractivity contribution in [2.24, 2.45) is 5.73 Å². The highest BCUT2D eigenvalue weighted by Crippen LogP contribution is 2.41. The molecular formula is C19H19N3. The third kappa shape index (κ3) is 2.14. The number of nitrogens with two attached hydrogens (primary N) is 1. The predicted molar refractivity (Wildman–Crippen MR) is 89.6 cm³/mol. The van der Waals surface area contributed by atoms with Gasteiger partial charge in [-0.1, -0.05) is 24.3 Å². The average Bonchev–Trinajstić information content (AvgIpc) is 3.17. The van der Waals surface area contributed by atoms with E-state index in [-0.39, 0.29) is 0 Å². The van der Waals surface area contributed by atoms with Crippen LogP contribution in [0.2, 0.25) is 0 Å². The molecule has 0 atom stereocenters. The molecule has 0 amide bonds. The molecule has 0 fully saturated rings. The first kappa shape index (κ1) is 13.3. The van der Waals surface area contributed by atoms with Crippen molar-refractivity contribution in [2.45, 2.75) is 19.4 Å². The number of rotatable bonds is 4. The topological polar surface area (TPSA) is 43.8 Å². The smallest absolute Gasteiger partial charge is 0.0532 e. The van der Waals surface area contributed by atoms with Gasteiger partial charge in [-0.2, -0.15) is 0 Å². The molecule has 0 saturated heterocycles. The molecule has 2 N–H and O–H groups in total. The van der Waals surface area contributed by atoms with E-state index in [0.29, 0.717) is 0 Å². The molecule has 0 aliphatic heterocycles. The van der Waals surface area contributed by atoms with Crippen molar-refractivity contribution in [2.75, 3.05) is 6.54 Å². The third-order valence-electron chi connectivity index (χ3n) is 4.36. The van der Waals surface area contributed by atoms with Crippen LogP contribution < -0.4 is 5.73 Å². The SMILES string of the molecule is NCCCn1ccc(-c2ccnc3c2-c2ccccc2C3)c1. The molecule has 1 aromatic carbocycles. The molecule has 0 spiro atoms. The Morgan fingerprint density at radius 2 is 2.00 bits per heavy atom. The van der Waals surface area contributed by atoms with Crippen molar-refractivity contribution >= 4 is 0 Å². The van der Waals surface area contributed by atoms with Crippen LogP contribution in [0.1, 0.15) is 17.7 Å². The molecule has 0 saturated carbocycles. The second-order valence-corrected chi connectivity index (χ2v) is 5.79. The van der Waals surface area contributed by atoms with Gasteiger partial charge < -0.3 is 10.3 Å². The van der Waals surface area contributed by atoms with E-state index in [2.05, 4.69) is 58.3 Å². The van der Waals surface area contributed by atoms with Crippen molar-refractivity contribution in [3.8, 4) is 22.3 Å². The van der Waals surface area contributed by atoms with E-state index in [9.17, 15) is 0 Å². The van der Waals surface area contributed by atoms with E-state index >= 15 is 0 Å². The highest BCUT2D eigenvalue weighted by Gasteiger charge is 2.22. The Balaban J connectivity index is 1.79. The van der Waals surface area contributed by atoms with E-state index in [0.717, 1.165) is 25.9 Å². The summed E-state index contributed by atoms with van der Waals surface area (Å²) in [6.07, 6.45) is 8.22. The van der Waals surface area contributed by atoms with Crippen LogP contribution in [-0.4, -0.2) is 16.1 Å². The van der Waals surface area contributed by atoms with Gasteiger partial charge >= 0.3 is 0 Å². The van der Waals surface area contributed by atoms with Crippen molar-refractivity contribution in [1.82, 2.24) is 9.55 Å². The van der Waals surface area contributed by atoms with Gasteiger partial charge in [0.1, 0.15) is 0 Å². The molecule has 1 aliphatic carbocycles. The normalized spacial score (nSPS) is 12.2. The van der Waals surface area contributed by atoms with E-state index in [1.807, 2.05) is 6.20 Å². The summed E-state index contributed by atoms with van der Waals surface area (Å²) in [7, 11) is 0. The number of aryl methyl sites for hydroxylation is 1. The van der Waals surface area contributed by atoms with Crippen molar-refractivity contribution < 1.29 is 0 Å². The molecule has 0 radical (unpaired) electrons. The number of hydrogen-bond acceptors (Lipinski definition) is 2. The molecule has 3 aromatic rings. The minimum Gasteiger partial charge on any atom is -0.354 e. The first-order valence-corrected chi connectivity index (χ1v) is 7.79. The Morgan fingerprint density at radius 3 is 2.91 bits per heavy atom. The summed E-state index contributed by atoms with van der Waals surface area (Å²) >= 11 is 0. The molecule has 0 bridgehead atoms. The minimum absolute atomic E-state index is 0.728. The fourth-order valence-corrected chi connectivity index (χ4v) is 3.29. The summed E-state index contributed by atoms with van der Waals surface area (Å²) in [4.78, 5) is 4.59. The molecular weight excluding hydrogens is 270 g/mol. The van der Waals surface area contributed by atoms with Gasteiger partial charge in [0.25, 0.3) is 0 Å². The first-order valence-electron chi connectivity index (χ1n) is 7.79. The van der Waals surface area contributed by atoms with Crippen molar-refractivity contribution in [1.29, 1.82) is 0 Å². The Kier molecular flexibility index (Phi) is 3.28. The van der Waals surface area contributed by atoms with Gasteiger partial charge in [-0.3, -0.25) is 4.98 Å². The minimum atomic E-state index is 0.728. The lowest BCUT2D eigenvalue weighted by Crippen LogP contribution is -2.03. The zero-order valence-corrected chi connectivity index (χ0v) is 12.5. The van der Waals surface area contributed by atoms with E-state index in [1.54, 1.807) is 0 Å². The number of nitrogens with zero attached hydrogens (tertiary/aromatic N) is 2. The molecule has 2 heterocycles. The lowest BCUT2D eigenvalue weighted by molar-refractivity contribution is 0.654. The fraction of sp³-hybridized carbons (Fsp3) is 0.211. The lowest BCUT2D eigenvalue weighted by atomic mass is 9.98. The molecule has 4 rings (SSSR count). The maximum absolute atomic E-state index is 5.60. The molecule has 3 nitrogen and oxygen atoms in total. The number of hydrogen-bond donors (Lipinski definition) is 1. The van der Waals surface area contributed by atoms with Gasteiger partial charge in [-0.25, -0.2) is 0 Å². The quantitative estimate of drug-likeness (QED) is 0.625. The largest absolute Gasteiger partial charge is 0.354 e.